The SMILES string of the molecule is O=C(NC[C@H]1CC[C@@H](CCOc2ccccc2)CC1)c1ccc2[nH]ncc2c1. The normalized spacial score (nSPS) is 19.4. The van der Waals surface area contributed by atoms with Crippen LogP contribution in [-0.4, -0.2) is 29.3 Å². The molecule has 0 atom stereocenters. The van der Waals surface area contributed by atoms with Gasteiger partial charge in [0.25, 0.3) is 5.91 Å². The van der Waals surface area contributed by atoms with Crippen LogP contribution in [0.25, 0.3) is 10.9 Å². The summed E-state index contributed by atoms with van der Waals surface area (Å²) >= 11 is 0. The average Bonchev–Trinajstić information content (AvgIpc) is 3.21. The first-order chi connectivity index (χ1) is 13.8. The molecule has 28 heavy (non-hydrogen) atoms. The van der Waals surface area contributed by atoms with Crippen molar-refractivity contribution in [2.24, 2.45) is 11.8 Å². The lowest BCUT2D eigenvalue weighted by atomic mass is 9.80. The molecule has 1 aliphatic rings. The Balaban J connectivity index is 1.16. The number of H-pyrrole nitrogens is 1. The van der Waals surface area contributed by atoms with Gasteiger partial charge in [-0.25, -0.2) is 0 Å². The fourth-order valence-corrected chi connectivity index (χ4v) is 4.01. The van der Waals surface area contributed by atoms with E-state index in [2.05, 4.69) is 15.5 Å². The molecule has 4 rings (SSSR count). The summed E-state index contributed by atoms with van der Waals surface area (Å²) in [5.74, 6) is 2.26. The van der Waals surface area contributed by atoms with E-state index in [9.17, 15) is 4.79 Å². The number of aromatic amines is 1. The first kappa shape index (κ1) is 18.5. The zero-order valence-corrected chi connectivity index (χ0v) is 16.1. The van der Waals surface area contributed by atoms with E-state index < -0.39 is 0 Å². The second-order valence-corrected chi connectivity index (χ2v) is 7.72. The first-order valence-electron chi connectivity index (χ1n) is 10.2. The number of nitrogens with one attached hydrogen (secondary N) is 2. The number of benzene rings is 2. The number of carbonyl (C=O) groups excluding carboxylic acids is 1. The van der Waals surface area contributed by atoms with Crippen LogP contribution < -0.4 is 10.1 Å². The highest BCUT2D eigenvalue weighted by Crippen LogP contribution is 2.30. The van der Waals surface area contributed by atoms with Gasteiger partial charge in [0, 0.05) is 17.5 Å². The van der Waals surface area contributed by atoms with Gasteiger partial charge in [-0.1, -0.05) is 18.2 Å². The Bertz CT molecular complexity index is 898. The summed E-state index contributed by atoms with van der Waals surface area (Å²) in [6.07, 6.45) is 7.65. The average molecular weight is 377 g/mol. The van der Waals surface area contributed by atoms with Crippen molar-refractivity contribution in [3.05, 3.63) is 60.3 Å². The van der Waals surface area contributed by atoms with Gasteiger partial charge < -0.3 is 10.1 Å². The molecule has 0 saturated heterocycles. The van der Waals surface area contributed by atoms with Gasteiger partial charge in [0.1, 0.15) is 5.75 Å². The standard InChI is InChI=1S/C23H27N3O2/c27-23(19-10-11-22-20(14-19)16-25-26-22)24-15-18-8-6-17(7-9-18)12-13-28-21-4-2-1-3-5-21/h1-5,10-11,14,16-18H,6-9,12-13,15H2,(H,24,27)(H,25,26)/t17-,18+. The van der Waals surface area contributed by atoms with E-state index in [1.807, 2.05) is 48.5 Å². The van der Waals surface area contributed by atoms with Crippen molar-refractivity contribution < 1.29 is 9.53 Å². The predicted molar refractivity (Wildman–Crippen MR) is 110 cm³/mol. The molecule has 0 unspecified atom stereocenters. The molecule has 2 N–H and O–H groups in total. The highest BCUT2D eigenvalue weighted by atomic mass is 16.5. The molecule has 1 amide bonds. The lowest BCUT2D eigenvalue weighted by Crippen LogP contribution is -2.31. The van der Waals surface area contributed by atoms with Gasteiger partial charge in [-0.2, -0.15) is 5.10 Å². The van der Waals surface area contributed by atoms with E-state index in [0.29, 0.717) is 11.5 Å². The van der Waals surface area contributed by atoms with Crippen LogP contribution in [0.2, 0.25) is 0 Å². The van der Waals surface area contributed by atoms with Crippen molar-refractivity contribution in [1.29, 1.82) is 0 Å². The maximum Gasteiger partial charge on any atom is 0.251 e. The van der Waals surface area contributed by atoms with Crippen LogP contribution >= 0.6 is 0 Å². The Hall–Kier alpha value is -2.82. The topological polar surface area (TPSA) is 67.0 Å². The molecule has 0 bridgehead atoms. The largest absolute Gasteiger partial charge is 0.494 e. The molecule has 5 heteroatoms. The summed E-state index contributed by atoms with van der Waals surface area (Å²) in [5.41, 5.74) is 1.65. The van der Waals surface area contributed by atoms with Gasteiger partial charge in [0.15, 0.2) is 0 Å². The molecule has 2 aromatic carbocycles. The zero-order chi connectivity index (χ0) is 19.2. The fourth-order valence-electron chi connectivity index (χ4n) is 4.01. The number of aromatic nitrogens is 2. The number of carbonyl (C=O) groups is 1. The number of nitrogens with zero attached hydrogens (tertiary/aromatic N) is 1. The van der Waals surface area contributed by atoms with Crippen molar-refractivity contribution in [2.75, 3.05) is 13.2 Å². The van der Waals surface area contributed by atoms with Gasteiger partial charge in [0.2, 0.25) is 0 Å². The number of hydrogen-bond donors (Lipinski definition) is 2. The fraction of sp³-hybridized carbons (Fsp3) is 0.391. The van der Waals surface area contributed by atoms with E-state index in [0.717, 1.165) is 42.1 Å². The van der Waals surface area contributed by atoms with Crippen LogP contribution in [-0.2, 0) is 0 Å². The van der Waals surface area contributed by atoms with Crippen LogP contribution in [0.3, 0.4) is 0 Å². The highest BCUT2D eigenvalue weighted by Gasteiger charge is 2.21. The second kappa shape index (κ2) is 8.91. The minimum Gasteiger partial charge on any atom is -0.494 e. The monoisotopic (exact) mass is 377 g/mol. The Labute approximate surface area is 165 Å². The summed E-state index contributed by atoms with van der Waals surface area (Å²) < 4.78 is 5.82. The maximum absolute atomic E-state index is 12.4. The maximum atomic E-state index is 12.4. The van der Waals surface area contributed by atoms with Gasteiger partial charge in [-0.3, -0.25) is 9.89 Å². The molecule has 1 aromatic heterocycles. The summed E-state index contributed by atoms with van der Waals surface area (Å²) in [4.78, 5) is 12.4. The number of ether oxygens (including phenoxy) is 1. The molecule has 0 aliphatic heterocycles. The molecule has 3 aromatic rings. The van der Waals surface area contributed by atoms with Gasteiger partial charge in [-0.05, 0) is 74.3 Å². The van der Waals surface area contributed by atoms with Crippen LogP contribution in [0.15, 0.2) is 54.7 Å². The van der Waals surface area contributed by atoms with E-state index >= 15 is 0 Å². The van der Waals surface area contributed by atoms with Gasteiger partial charge in [-0.15, -0.1) is 0 Å². The molecule has 1 heterocycles. The van der Waals surface area contributed by atoms with Gasteiger partial charge >= 0.3 is 0 Å². The Morgan fingerprint density at radius 2 is 1.86 bits per heavy atom. The Kier molecular flexibility index (Phi) is 5.90. The summed E-state index contributed by atoms with van der Waals surface area (Å²) in [6, 6.07) is 15.7. The zero-order valence-electron chi connectivity index (χ0n) is 16.1. The number of para-hydroxylation sites is 1. The smallest absolute Gasteiger partial charge is 0.251 e. The number of amides is 1. The second-order valence-electron chi connectivity index (χ2n) is 7.72. The molecule has 1 saturated carbocycles. The van der Waals surface area contributed by atoms with E-state index in [4.69, 9.17) is 4.74 Å². The van der Waals surface area contributed by atoms with Crippen molar-refractivity contribution in [3.8, 4) is 5.75 Å². The molecule has 146 valence electrons. The minimum absolute atomic E-state index is 0.00137. The molecule has 1 fully saturated rings. The van der Waals surface area contributed by atoms with Crippen LogP contribution in [0.1, 0.15) is 42.5 Å². The quantitative estimate of drug-likeness (QED) is 0.634. The molecular formula is C23H27N3O2. The Morgan fingerprint density at radius 3 is 2.68 bits per heavy atom. The summed E-state index contributed by atoms with van der Waals surface area (Å²) in [5, 5.41) is 11.0. The third-order valence-corrected chi connectivity index (χ3v) is 5.76. The van der Waals surface area contributed by atoms with Crippen molar-refractivity contribution in [2.45, 2.75) is 32.1 Å². The number of rotatable bonds is 7. The molecule has 1 aliphatic carbocycles. The molecule has 0 radical (unpaired) electrons. The summed E-state index contributed by atoms with van der Waals surface area (Å²) in [7, 11) is 0. The number of fused-ring (bicyclic) bond motifs is 1. The van der Waals surface area contributed by atoms with Crippen LogP contribution in [0.4, 0.5) is 0 Å². The third kappa shape index (κ3) is 4.71. The molecule has 0 spiro atoms. The highest BCUT2D eigenvalue weighted by molar-refractivity contribution is 5.97. The number of hydrogen-bond acceptors (Lipinski definition) is 3. The van der Waals surface area contributed by atoms with Crippen LogP contribution in [0, 0.1) is 11.8 Å². The summed E-state index contributed by atoms with van der Waals surface area (Å²) in [6.45, 7) is 1.54. The first-order valence-corrected chi connectivity index (χ1v) is 10.2. The van der Waals surface area contributed by atoms with E-state index in [1.165, 1.54) is 25.7 Å². The minimum atomic E-state index is 0.00137. The predicted octanol–water partition coefficient (Wildman–Crippen LogP) is 4.57. The molecular weight excluding hydrogens is 350 g/mol. The van der Waals surface area contributed by atoms with Crippen molar-refractivity contribution in [1.82, 2.24) is 15.5 Å². The lowest BCUT2D eigenvalue weighted by molar-refractivity contribution is 0.0940. The van der Waals surface area contributed by atoms with Crippen LogP contribution in [0.5, 0.6) is 5.75 Å². The van der Waals surface area contributed by atoms with Crippen molar-refractivity contribution in [3.63, 3.8) is 0 Å². The van der Waals surface area contributed by atoms with Gasteiger partial charge in [0.05, 0.1) is 18.3 Å². The van der Waals surface area contributed by atoms with E-state index in [-0.39, 0.29) is 5.91 Å². The Morgan fingerprint density at radius 1 is 1.07 bits per heavy atom. The third-order valence-electron chi connectivity index (χ3n) is 5.76. The van der Waals surface area contributed by atoms with E-state index in [1.54, 1.807) is 6.20 Å². The molecule has 5 nitrogen and oxygen atoms in total. The van der Waals surface area contributed by atoms with Crippen molar-refractivity contribution >= 4 is 16.8 Å². The lowest BCUT2D eigenvalue weighted by Gasteiger charge is -2.28.